The molecule has 1 N–H and O–H groups in total. The highest BCUT2D eigenvalue weighted by molar-refractivity contribution is 5.02. The number of aromatic nitrogens is 2. The predicted molar refractivity (Wildman–Crippen MR) is 76.7 cm³/mol. The van der Waals surface area contributed by atoms with Gasteiger partial charge in [0.05, 0.1) is 18.6 Å². The maximum atomic E-state index is 10.3. The molecule has 21 heavy (non-hydrogen) atoms. The molecule has 6 heteroatoms. The van der Waals surface area contributed by atoms with Crippen LogP contribution in [0.4, 0.5) is 0 Å². The Morgan fingerprint density at radius 3 is 2.62 bits per heavy atom. The van der Waals surface area contributed by atoms with Crippen molar-refractivity contribution in [3.63, 3.8) is 0 Å². The first kappa shape index (κ1) is 13.7. The molecular formula is C15H24N4O2. The molecule has 3 aliphatic heterocycles. The van der Waals surface area contributed by atoms with Gasteiger partial charge < -0.3 is 9.63 Å². The van der Waals surface area contributed by atoms with Crippen molar-refractivity contribution in [1.82, 2.24) is 19.9 Å². The molecule has 4 fully saturated rings. The van der Waals surface area contributed by atoms with Crippen molar-refractivity contribution in [3.8, 4) is 0 Å². The van der Waals surface area contributed by atoms with Crippen molar-refractivity contribution >= 4 is 0 Å². The highest BCUT2D eigenvalue weighted by Gasteiger charge is 2.36. The van der Waals surface area contributed by atoms with E-state index in [1.165, 1.54) is 12.8 Å². The van der Waals surface area contributed by atoms with Gasteiger partial charge in [-0.25, -0.2) is 0 Å². The second-order valence-electron chi connectivity index (χ2n) is 6.71. The van der Waals surface area contributed by atoms with Crippen molar-refractivity contribution in [2.24, 2.45) is 5.92 Å². The third-order valence-electron chi connectivity index (χ3n) is 5.39. The average Bonchev–Trinajstić information content (AvgIpc) is 3.20. The third-order valence-corrected chi connectivity index (χ3v) is 5.39. The molecule has 5 rings (SSSR count). The van der Waals surface area contributed by atoms with Gasteiger partial charge in [0.15, 0.2) is 5.82 Å². The lowest BCUT2D eigenvalue weighted by molar-refractivity contribution is 0.00781. The highest BCUT2D eigenvalue weighted by Crippen LogP contribution is 2.30. The molecule has 6 nitrogen and oxygen atoms in total. The van der Waals surface area contributed by atoms with Crippen LogP contribution in [-0.4, -0.2) is 63.9 Å². The molecule has 1 aromatic rings. The van der Waals surface area contributed by atoms with Crippen molar-refractivity contribution < 1.29 is 9.63 Å². The molecule has 2 bridgehead atoms. The van der Waals surface area contributed by atoms with Gasteiger partial charge in [-0.3, -0.25) is 9.80 Å². The number of rotatable bonds is 4. The predicted octanol–water partition coefficient (Wildman–Crippen LogP) is 0.835. The molecule has 1 aromatic heterocycles. The Bertz CT molecular complexity index is 478. The van der Waals surface area contributed by atoms with Crippen LogP contribution in [0, 0.1) is 5.92 Å². The van der Waals surface area contributed by atoms with Crippen molar-refractivity contribution in [1.29, 1.82) is 0 Å². The van der Waals surface area contributed by atoms with Crippen LogP contribution in [0.25, 0.3) is 0 Å². The Balaban J connectivity index is 1.41. The molecule has 4 heterocycles. The van der Waals surface area contributed by atoms with Gasteiger partial charge in [-0.2, -0.15) is 4.98 Å². The molecule has 2 unspecified atom stereocenters. The number of hydrogen-bond acceptors (Lipinski definition) is 6. The van der Waals surface area contributed by atoms with Crippen molar-refractivity contribution in [3.05, 3.63) is 11.7 Å². The van der Waals surface area contributed by atoms with Gasteiger partial charge in [-0.1, -0.05) is 18.0 Å². The molecule has 0 spiro atoms. The maximum Gasteiger partial charge on any atom is 0.229 e. The normalized spacial score (nSPS) is 34.4. The minimum Gasteiger partial charge on any atom is -0.392 e. The van der Waals surface area contributed by atoms with E-state index in [1.54, 1.807) is 0 Å². The first-order valence-corrected chi connectivity index (χ1v) is 8.26. The third kappa shape index (κ3) is 2.72. The number of aliphatic hydroxyl groups is 1. The molecule has 0 aromatic carbocycles. The lowest BCUT2D eigenvalue weighted by atomic mass is 9.98. The summed E-state index contributed by atoms with van der Waals surface area (Å²) in [6.45, 7) is 5.51. The molecule has 2 atom stereocenters. The zero-order valence-electron chi connectivity index (χ0n) is 12.4. The van der Waals surface area contributed by atoms with E-state index < -0.39 is 0 Å². The molecule has 1 saturated carbocycles. The summed E-state index contributed by atoms with van der Waals surface area (Å²) in [5.41, 5.74) is 0. The van der Waals surface area contributed by atoms with E-state index in [9.17, 15) is 5.11 Å². The van der Waals surface area contributed by atoms with E-state index >= 15 is 0 Å². The quantitative estimate of drug-likeness (QED) is 0.887. The summed E-state index contributed by atoms with van der Waals surface area (Å²) < 4.78 is 5.39. The number of nitrogens with zero attached hydrogens (tertiary/aromatic N) is 4. The topological polar surface area (TPSA) is 65.6 Å². The monoisotopic (exact) mass is 292 g/mol. The zero-order valence-corrected chi connectivity index (χ0v) is 12.4. The van der Waals surface area contributed by atoms with Crippen molar-refractivity contribution in [2.45, 2.75) is 44.2 Å². The summed E-state index contributed by atoms with van der Waals surface area (Å²) in [5, 5.41) is 14.5. The fraction of sp³-hybridized carbons (Fsp3) is 0.867. The number of fused-ring (bicyclic) bond motifs is 3. The van der Waals surface area contributed by atoms with Gasteiger partial charge in [0, 0.05) is 32.7 Å². The van der Waals surface area contributed by atoms with E-state index in [0.717, 1.165) is 51.4 Å². The standard InChI is InChI=1S/C15H24N4O2/c20-13(11-3-1-2-4-11)9-14-16-15(17-21-14)12-10-18-5-7-19(12)8-6-18/h11-13,20H,1-10H2. The van der Waals surface area contributed by atoms with E-state index in [2.05, 4.69) is 19.9 Å². The minimum absolute atomic E-state index is 0.272. The van der Waals surface area contributed by atoms with E-state index in [1.807, 2.05) is 0 Å². The molecule has 4 aliphatic rings. The summed E-state index contributed by atoms with van der Waals surface area (Å²) in [6, 6.07) is 0.272. The van der Waals surface area contributed by atoms with E-state index in [4.69, 9.17) is 4.52 Å². The van der Waals surface area contributed by atoms with Crippen LogP contribution in [-0.2, 0) is 6.42 Å². The Kier molecular flexibility index (Phi) is 3.69. The number of hydrogen-bond donors (Lipinski definition) is 1. The smallest absolute Gasteiger partial charge is 0.229 e. The van der Waals surface area contributed by atoms with Crippen LogP contribution in [0.3, 0.4) is 0 Å². The van der Waals surface area contributed by atoms with Gasteiger partial charge in [0.1, 0.15) is 0 Å². The summed E-state index contributed by atoms with van der Waals surface area (Å²) in [7, 11) is 0. The highest BCUT2D eigenvalue weighted by atomic mass is 16.5. The van der Waals surface area contributed by atoms with Crippen LogP contribution in [0.2, 0.25) is 0 Å². The second kappa shape index (κ2) is 5.66. The zero-order chi connectivity index (χ0) is 14.2. The van der Waals surface area contributed by atoms with E-state index in [-0.39, 0.29) is 12.1 Å². The van der Waals surface area contributed by atoms with Crippen LogP contribution >= 0.6 is 0 Å². The Hall–Kier alpha value is -0.980. The van der Waals surface area contributed by atoms with Crippen LogP contribution in [0.15, 0.2) is 4.52 Å². The minimum atomic E-state index is -0.326. The lowest BCUT2D eigenvalue weighted by Crippen LogP contribution is -2.57. The molecule has 3 saturated heterocycles. The SMILES string of the molecule is OC(Cc1nc(C2CN3CCN2CC3)no1)C1CCCC1. The molecule has 116 valence electrons. The number of aliphatic hydroxyl groups excluding tert-OH is 1. The fourth-order valence-corrected chi connectivity index (χ4v) is 4.04. The van der Waals surface area contributed by atoms with Gasteiger partial charge in [-0.05, 0) is 18.8 Å². The van der Waals surface area contributed by atoms with Gasteiger partial charge in [-0.15, -0.1) is 0 Å². The summed E-state index contributed by atoms with van der Waals surface area (Å²) in [4.78, 5) is 9.47. The molecule has 0 radical (unpaired) electrons. The summed E-state index contributed by atoms with van der Waals surface area (Å²) >= 11 is 0. The second-order valence-corrected chi connectivity index (χ2v) is 6.71. The molecule has 0 amide bonds. The first-order valence-electron chi connectivity index (χ1n) is 8.26. The van der Waals surface area contributed by atoms with Crippen LogP contribution < -0.4 is 0 Å². The van der Waals surface area contributed by atoms with Crippen LogP contribution in [0.1, 0.15) is 43.4 Å². The maximum absolute atomic E-state index is 10.3. The van der Waals surface area contributed by atoms with Crippen LogP contribution in [0.5, 0.6) is 0 Å². The first-order chi connectivity index (χ1) is 10.3. The van der Waals surface area contributed by atoms with Gasteiger partial charge in [0.25, 0.3) is 0 Å². The average molecular weight is 292 g/mol. The summed E-state index contributed by atoms with van der Waals surface area (Å²) in [5.74, 6) is 1.82. The Labute approximate surface area is 125 Å². The van der Waals surface area contributed by atoms with Crippen molar-refractivity contribution in [2.75, 3.05) is 32.7 Å². The van der Waals surface area contributed by atoms with Gasteiger partial charge in [0.2, 0.25) is 5.89 Å². The number of piperazine rings is 3. The Morgan fingerprint density at radius 1 is 1.19 bits per heavy atom. The summed E-state index contributed by atoms with van der Waals surface area (Å²) in [6.07, 6.45) is 4.93. The fourth-order valence-electron chi connectivity index (χ4n) is 4.04. The van der Waals surface area contributed by atoms with Gasteiger partial charge >= 0.3 is 0 Å². The molecular weight excluding hydrogens is 268 g/mol. The Morgan fingerprint density at radius 2 is 1.95 bits per heavy atom. The lowest BCUT2D eigenvalue weighted by Gasteiger charge is -2.46. The van der Waals surface area contributed by atoms with E-state index in [0.29, 0.717) is 18.2 Å². The molecule has 1 aliphatic carbocycles. The largest absolute Gasteiger partial charge is 0.392 e.